The predicted octanol–water partition coefficient (Wildman–Crippen LogP) is 3.62. The predicted molar refractivity (Wildman–Crippen MR) is 110 cm³/mol. The Morgan fingerprint density at radius 3 is 2.64 bits per heavy atom. The van der Waals surface area contributed by atoms with Crippen LogP contribution in [0.4, 0.5) is 4.79 Å². The number of fused-ring (bicyclic) bond motifs is 1. The molecule has 2 aromatic rings. The lowest BCUT2D eigenvalue weighted by Gasteiger charge is -2.36. The molecule has 0 spiro atoms. The second-order valence-corrected chi connectivity index (χ2v) is 9.64. The molecule has 0 saturated heterocycles. The van der Waals surface area contributed by atoms with Gasteiger partial charge in [0.05, 0.1) is 17.3 Å². The van der Waals surface area contributed by atoms with Crippen molar-refractivity contribution in [1.29, 1.82) is 0 Å². The summed E-state index contributed by atoms with van der Waals surface area (Å²) in [5.41, 5.74) is 3.03. The van der Waals surface area contributed by atoms with Gasteiger partial charge in [0, 0.05) is 13.6 Å². The van der Waals surface area contributed by atoms with Gasteiger partial charge in [0.15, 0.2) is 5.65 Å². The van der Waals surface area contributed by atoms with Gasteiger partial charge in [-0.15, -0.1) is 0 Å². The van der Waals surface area contributed by atoms with Gasteiger partial charge in [-0.05, 0) is 41.4 Å². The molecule has 3 rings (SSSR count). The van der Waals surface area contributed by atoms with Crippen LogP contribution in [0, 0.1) is 10.8 Å². The summed E-state index contributed by atoms with van der Waals surface area (Å²) in [5, 5.41) is 11.8. The third kappa shape index (κ3) is 3.84. The Labute approximate surface area is 165 Å². The number of aryl methyl sites for hydroxylation is 1. The van der Waals surface area contributed by atoms with E-state index in [2.05, 4.69) is 39.9 Å². The van der Waals surface area contributed by atoms with Gasteiger partial charge in [-0.3, -0.25) is 9.13 Å². The van der Waals surface area contributed by atoms with Gasteiger partial charge in [0.25, 0.3) is 0 Å². The molecule has 0 aliphatic heterocycles. The number of nitrogens with one attached hydrogen (secondary N) is 1. The zero-order chi connectivity index (χ0) is 20.9. The van der Waals surface area contributed by atoms with E-state index in [1.54, 1.807) is 16.2 Å². The van der Waals surface area contributed by atoms with E-state index in [1.165, 1.54) is 0 Å². The number of nitrogens with zero attached hydrogens (tertiary/aromatic N) is 3. The van der Waals surface area contributed by atoms with Crippen LogP contribution < -0.4 is 11.0 Å². The highest BCUT2D eigenvalue weighted by Gasteiger charge is 2.33. The Morgan fingerprint density at radius 1 is 1.36 bits per heavy atom. The number of carboxylic acid groups (broad SMARTS) is 1. The van der Waals surface area contributed by atoms with Crippen molar-refractivity contribution in [2.45, 2.75) is 60.0 Å². The maximum atomic E-state index is 12.7. The summed E-state index contributed by atoms with van der Waals surface area (Å²) in [6, 6.07) is 3.61. The molecule has 7 heteroatoms. The van der Waals surface area contributed by atoms with Crippen LogP contribution in [0.2, 0.25) is 0 Å². The van der Waals surface area contributed by atoms with E-state index in [1.807, 2.05) is 18.2 Å². The van der Waals surface area contributed by atoms with Crippen molar-refractivity contribution in [3.05, 3.63) is 34.4 Å². The lowest BCUT2D eigenvalue weighted by molar-refractivity contribution is 0.175. The van der Waals surface area contributed by atoms with Crippen molar-refractivity contribution in [3.63, 3.8) is 0 Å². The SMILES string of the molecule is Cn1c(=O)n(CC(C)(C)C)c2ccc(C3=CC(NC(=O)O)C(C)(C)CC3)nc21. The molecule has 1 aliphatic rings. The van der Waals surface area contributed by atoms with Crippen LogP contribution in [0.1, 0.15) is 53.2 Å². The minimum atomic E-state index is -1.03. The number of hydrogen-bond donors (Lipinski definition) is 2. The molecule has 1 aliphatic carbocycles. The van der Waals surface area contributed by atoms with E-state index in [4.69, 9.17) is 10.1 Å². The maximum absolute atomic E-state index is 12.7. The smallest absolute Gasteiger partial charge is 0.405 e. The first kappa shape index (κ1) is 20.2. The first-order valence-corrected chi connectivity index (χ1v) is 9.66. The van der Waals surface area contributed by atoms with Crippen molar-refractivity contribution < 1.29 is 9.90 Å². The molecule has 2 heterocycles. The van der Waals surface area contributed by atoms with Crippen LogP contribution >= 0.6 is 0 Å². The van der Waals surface area contributed by atoms with E-state index in [0.717, 1.165) is 29.6 Å². The average Bonchev–Trinajstić information content (AvgIpc) is 2.80. The fraction of sp³-hybridized carbons (Fsp3) is 0.571. The summed E-state index contributed by atoms with van der Waals surface area (Å²) in [4.78, 5) is 28.7. The van der Waals surface area contributed by atoms with Crippen LogP contribution in [0.25, 0.3) is 16.7 Å². The number of aromatic nitrogens is 3. The molecular formula is C21H30N4O3. The lowest BCUT2D eigenvalue weighted by Crippen LogP contribution is -2.44. The van der Waals surface area contributed by atoms with E-state index in [0.29, 0.717) is 12.2 Å². The highest BCUT2D eigenvalue weighted by molar-refractivity contribution is 5.76. The summed E-state index contributed by atoms with van der Waals surface area (Å²) in [6.07, 6.45) is 2.62. The van der Waals surface area contributed by atoms with Crippen molar-refractivity contribution in [3.8, 4) is 0 Å². The molecule has 2 aromatic heterocycles. The molecule has 2 N–H and O–H groups in total. The van der Waals surface area contributed by atoms with E-state index in [9.17, 15) is 9.59 Å². The minimum absolute atomic E-state index is 0.0238. The third-order valence-electron chi connectivity index (χ3n) is 5.47. The van der Waals surface area contributed by atoms with E-state index >= 15 is 0 Å². The quantitative estimate of drug-likeness (QED) is 0.843. The molecule has 1 atom stereocenters. The zero-order valence-electron chi connectivity index (χ0n) is 17.5. The Morgan fingerprint density at radius 2 is 2.04 bits per heavy atom. The van der Waals surface area contributed by atoms with Gasteiger partial charge in [0.2, 0.25) is 0 Å². The standard InChI is InChI=1S/C21H30N4O3/c1-20(2,3)12-25-15-8-7-14(22-17(15)24(6)19(25)28)13-9-10-21(4,5)16(11-13)23-18(26)27/h7-8,11,16,23H,9-10,12H2,1-6H3,(H,26,27). The normalized spacial score (nSPS) is 19.5. The van der Waals surface area contributed by atoms with Crippen LogP contribution in [0.5, 0.6) is 0 Å². The van der Waals surface area contributed by atoms with Crippen molar-refractivity contribution in [2.24, 2.45) is 17.9 Å². The average molecular weight is 386 g/mol. The summed E-state index contributed by atoms with van der Waals surface area (Å²) in [5.74, 6) is 0. The Hall–Kier alpha value is -2.57. The molecule has 1 amide bonds. The number of carbonyl (C=O) groups is 1. The molecule has 0 bridgehead atoms. The van der Waals surface area contributed by atoms with Gasteiger partial charge >= 0.3 is 11.8 Å². The summed E-state index contributed by atoms with van der Waals surface area (Å²) >= 11 is 0. The highest BCUT2D eigenvalue weighted by atomic mass is 16.4. The van der Waals surface area contributed by atoms with Crippen molar-refractivity contribution in [1.82, 2.24) is 19.4 Å². The van der Waals surface area contributed by atoms with E-state index < -0.39 is 6.09 Å². The minimum Gasteiger partial charge on any atom is -0.465 e. The van der Waals surface area contributed by atoms with E-state index in [-0.39, 0.29) is 22.6 Å². The van der Waals surface area contributed by atoms with Gasteiger partial charge in [-0.2, -0.15) is 0 Å². The molecule has 28 heavy (non-hydrogen) atoms. The van der Waals surface area contributed by atoms with Crippen LogP contribution in [0.3, 0.4) is 0 Å². The number of pyridine rings is 1. The molecule has 0 aromatic carbocycles. The van der Waals surface area contributed by atoms with Crippen LogP contribution in [-0.4, -0.2) is 31.4 Å². The summed E-state index contributed by atoms with van der Waals surface area (Å²) in [6.45, 7) is 11.0. The second kappa shape index (κ2) is 6.79. The van der Waals surface area contributed by atoms with Gasteiger partial charge in [-0.1, -0.05) is 40.7 Å². The summed E-state index contributed by atoms with van der Waals surface area (Å²) < 4.78 is 3.37. The van der Waals surface area contributed by atoms with Crippen LogP contribution in [-0.2, 0) is 13.6 Å². The molecule has 1 unspecified atom stereocenters. The van der Waals surface area contributed by atoms with Crippen molar-refractivity contribution in [2.75, 3.05) is 0 Å². The molecular weight excluding hydrogens is 356 g/mol. The molecule has 7 nitrogen and oxygen atoms in total. The molecule has 152 valence electrons. The van der Waals surface area contributed by atoms with Gasteiger partial charge in [-0.25, -0.2) is 14.6 Å². The summed E-state index contributed by atoms with van der Waals surface area (Å²) in [7, 11) is 1.74. The Bertz CT molecular complexity index is 1010. The number of amides is 1. The fourth-order valence-corrected chi connectivity index (χ4v) is 3.79. The zero-order valence-corrected chi connectivity index (χ0v) is 17.5. The van der Waals surface area contributed by atoms with Gasteiger partial charge in [0.1, 0.15) is 0 Å². The third-order valence-corrected chi connectivity index (χ3v) is 5.47. The molecule has 0 fully saturated rings. The first-order valence-electron chi connectivity index (χ1n) is 9.66. The number of hydrogen-bond acceptors (Lipinski definition) is 3. The molecule has 0 radical (unpaired) electrons. The highest BCUT2D eigenvalue weighted by Crippen LogP contribution is 2.38. The first-order chi connectivity index (χ1) is 12.9. The maximum Gasteiger partial charge on any atom is 0.405 e. The van der Waals surface area contributed by atoms with Crippen LogP contribution in [0.15, 0.2) is 23.0 Å². The second-order valence-electron chi connectivity index (χ2n) is 9.64. The lowest BCUT2D eigenvalue weighted by atomic mass is 9.74. The number of imidazole rings is 1. The largest absolute Gasteiger partial charge is 0.465 e. The monoisotopic (exact) mass is 386 g/mol. The molecule has 0 saturated carbocycles. The van der Waals surface area contributed by atoms with Gasteiger partial charge < -0.3 is 10.4 Å². The topological polar surface area (TPSA) is 89.2 Å². The fourth-order valence-electron chi connectivity index (χ4n) is 3.79. The number of allylic oxidation sites excluding steroid dienone is 1. The Kier molecular flexibility index (Phi) is 4.89. The van der Waals surface area contributed by atoms with Crippen molar-refractivity contribution >= 4 is 22.8 Å². The Balaban J connectivity index is 2.06. The number of rotatable bonds is 3.